The van der Waals surface area contributed by atoms with Gasteiger partial charge in [-0.15, -0.1) is 11.6 Å². The number of alkyl halides is 1. The van der Waals surface area contributed by atoms with Gasteiger partial charge in [-0.05, 0) is 24.7 Å². The summed E-state index contributed by atoms with van der Waals surface area (Å²) in [6, 6.07) is 0. The molecule has 1 fully saturated rings. The Hall–Kier alpha value is -0.240. The number of hydrogen-bond donors (Lipinski definition) is 0. The van der Waals surface area contributed by atoms with Crippen molar-refractivity contribution >= 4 is 17.5 Å². The first-order chi connectivity index (χ1) is 6.52. The number of halogens is 1. The molecule has 0 radical (unpaired) electrons. The van der Waals surface area contributed by atoms with Crippen LogP contribution in [0, 0.1) is 11.8 Å². The summed E-state index contributed by atoms with van der Waals surface area (Å²) in [6.45, 7) is 2.25. The molecule has 1 amide bonds. The van der Waals surface area contributed by atoms with E-state index in [1.54, 1.807) is 19.0 Å². The second-order valence-electron chi connectivity index (χ2n) is 4.67. The van der Waals surface area contributed by atoms with Gasteiger partial charge in [-0.3, -0.25) is 4.79 Å². The van der Waals surface area contributed by atoms with Crippen molar-refractivity contribution in [3.8, 4) is 0 Å². The standard InChI is InChI=1S/C11H20ClNO/c1-8-5-4-6-9(7-8)10(12)11(14)13(2)3/h8-10H,4-7H2,1-3H3. The molecule has 0 aromatic rings. The van der Waals surface area contributed by atoms with Crippen molar-refractivity contribution in [1.29, 1.82) is 0 Å². The third-order valence-corrected chi connectivity index (χ3v) is 3.61. The normalized spacial score (nSPS) is 29.7. The zero-order chi connectivity index (χ0) is 10.7. The van der Waals surface area contributed by atoms with Crippen LogP contribution in [-0.4, -0.2) is 30.3 Å². The van der Waals surface area contributed by atoms with E-state index in [1.165, 1.54) is 12.8 Å². The first-order valence-electron chi connectivity index (χ1n) is 5.37. The largest absolute Gasteiger partial charge is 0.348 e. The molecule has 82 valence electrons. The zero-order valence-corrected chi connectivity index (χ0v) is 10.0. The first-order valence-corrected chi connectivity index (χ1v) is 5.81. The predicted octanol–water partition coefficient (Wildman–Crippen LogP) is 2.51. The molecular formula is C11H20ClNO. The molecule has 0 saturated heterocycles. The molecule has 1 aliphatic carbocycles. The van der Waals surface area contributed by atoms with Crippen molar-refractivity contribution in [1.82, 2.24) is 4.90 Å². The topological polar surface area (TPSA) is 20.3 Å². The monoisotopic (exact) mass is 217 g/mol. The lowest BCUT2D eigenvalue weighted by Crippen LogP contribution is -2.36. The molecule has 0 heterocycles. The second-order valence-corrected chi connectivity index (χ2v) is 5.14. The Kier molecular flexibility index (Phi) is 4.24. The van der Waals surface area contributed by atoms with Gasteiger partial charge in [0, 0.05) is 14.1 Å². The second kappa shape index (κ2) is 5.01. The van der Waals surface area contributed by atoms with Crippen molar-refractivity contribution in [3.05, 3.63) is 0 Å². The molecule has 0 bridgehead atoms. The summed E-state index contributed by atoms with van der Waals surface area (Å²) < 4.78 is 0. The van der Waals surface area contributed by atoms with E-state index in [1.807, 2.05) is 0 Å². The summed E-state index contributed by atoms with van der Waals surface area (Å²) in [5.74, 6) is 1.17. The van der Waals surface area contributed by atoms with E-state index in [9.17, 15) is 4.79 Å². The predicted molar refractivity (Wildman–Crippen MR) is 59.5 cm³/mol. The lowest BCUT2D eigenvalue weighted by molar-refractivity contribution is -0.129. The van der Waals surface area contributed by atoms with Crippen LogP contribution in [0.4, 0.5) is 0 Å². The van der Waals surface area contributed by atoms with E-state index in [0.717, 1.165) is 18.8 Å². The fraction of sp³-hybridized carbons (Fsp3) is 0.909. The van der Waals surface area contributed by atoms with Crippen molar-refractivity contribution in [2.24, 2.45) is 11.8 Å². The third kappa shape index (κ3) is 2.88. The van der Waals surface area contributed by atoms with E-state index in [-0.39, 0.29) is 11.3 Å². The molecule has 1 aliphatic rings. The highest BCUT2D eigenvalue weighted by molar-refractivity contribution is 6.30. The van der Waals surface area contributed by atoms with Crippen LogP contribution in [0.5, 0.6) is 0 Å². The van der Waals surface area contributed by atoms with Crippen molar-refractivity contribution in [3.63, 3.8) is 0 Å². The van der Waals surface area contributed by atoms with E-state index < -0.39 is 0 Å². The fourth-order valence-electron chi connectivity index (χ4n) is 2.20. The van der Waals surface area contributed by atoms with Crippen LogP contribution in [0.2, 0.25) is 0 Å². The molecule has 0 aromatic carbocycles. The number of hydrogen-bond acceptors (Lipinski definition) is 1. The van der Waals surface area contributed by atoms with Gasteiger partial charge >= 0.3 is 0 Å². The van der Waals surface area contributed by atoms with E-state index in [4.69, 9.17) is 11.6 Å². The maximum atomic E-state index is 11.6. The Morgan fingerprint density at radius 1 is 1.43 bits per heavy atom. The van der Waals surface area contributed by atoms with Crippen molar-refractivity contribution < 1.29 is 4.79 Å². The van der Waals surface area contributed by atoms with Crippen LogP contribution in [0.15, 0.2) is 0 Å². The Bertz CT molecular complexity index is 205. The first kappa shape index (κ1) is 11.8. The van der Waals surface area contributed by atoms with Gasteiger partial charge < -0.3 is 4.90 Å². The highest BCUT2D eigenvalue weighted by Gasteiger charge is 2.30. The van der Waals surface area contributed by atoms with Crippen molar-refractivity contribution in [2.45, 2.75) is 38.0 Å². The molecule has 0 spiro atoms. The molecule has 0 aromatic heterocycles. The maximum Gasteiger partial charge on any atom is 0.240 e. The SMILES string of the molecule is CC1CCCC(C(Cl)C(=O)N(C)C)C1. The van der Waals surface area contributed by atoms with Crippen LogP contribution in [0.25, 0.3) is 0 Å². The highest BCUT2D eigenvalue weighted by atomic mass is 35.5. The minimum absolute atomic E-state index is 0.0609. The smallest absolute Gasteiger partial charge is 0.240 e. The lowest BCUT2D eigenvalue weighted by Gasteiger charge is -2.30. The number of amides is 1. The number of rotatable bonds is 2. The minimum Gasteiger partial charge on any atom is -0.348 e. The van der Waals surface area contributed by atoms with Gasteiger partial charge in [-0.2, -0.15) is 0 Å². The van der Waals surface area contributed by atoms with Crippen molar-refractivity contribution in [2.75, 3.05) is 14.1 Å². The molecule has 3 heteroatoms. The molecule has 1 saturated carbocycles. The van der Waals surface area contributed by atoms with E-state index in [0.29, 0.717) is 5.92 Å². The summed E-state index contributed by atoms with van der Waals surface area (Å²) in [5, 5.41) is -0.312. The fourth-order valence-corrected chi connectivity index (χ4v) is 2.62. The molecule has 14 heavy (non-hydrogen) atoms. The summed E-state index contributed by atoms with van der Waals surface area (Å²) in [4.78, 5) is 13.2. The molecule has 0 N–H and O–H groups in total. The van der Waals surface area contributed by atoms with Crippen LogP contribution < -0.4 is 0 Å². The van der Waals surface area contributed by atoms with Crippen LogP contribution >= 0.6 is 11.6 Å². The Morgan fingerprint density at radius 2 is 2.07 bits per heavy atom. The third-order valence-electron chi connectivity index (χ3n) is 3.07. The average Bonchev–Trinajstić information content (AvgIpc) is 2.15. The van der Waals surface area contributed by atoms with Gasteiger partial charge in [-0.25, -0.2) is 0 Å². The highest BCUT2D eigenvalue weighted by Crippen LogP contribution is 2.33. The molecule has 0 aliphatic heterocycles. The summed E-state index contributed by atoms with van der Waals surface area (Å²) >= 11 is 6.18. The van der Waals surface area contributed by atoms with E-state index in [2.05, 4.69) is 6.92 Å². The Balaban J connectivity index is 2.51. The molecule has 3 unspecified atom stereocenters. The summed E-state index contributed by atoms with van der Waals surface area (Å²) in [7, 11) is 3.54. The molecule has 3 atom stereocenters. The summed E-state index contributed by atoms with van der Waals surface area (Å²) in [5.41, 5.74) is 0. The van der Waals surface area contributed by atoms with Gasteiger partial charge in [0.05, 0.1) is 0 Å². The molecule has 1 rings (SSSR count). The lowest BCUT2D eigenvalue weighted by atomic mass is 9.80. The maximum absolute atomic E-state index is 11.6. The van der Waals surface area contributed by atoms with Crippen LogP contribution in [-0.2, 0) is 4.79 Å². The number of carbonyl (C=O) groups is 1. The number of carbonyl (C=O) groups excluding carboxylic acids is 1. The average molecular weight is 218 g/mol. The van der Waals surface area contributed by atoms with E-state index >= 15 is 0 Å². The minimum atomic E-state index is -0.312. The zero-order valence-electron chi connectivity index (χ0n) is 9.29. The quantitative estimate of drug-likeness (QED) is 0.651. The van der Waals surface area contributed by atoms with Gasteiger partial charge in [0.25, 0.3) is 0 Å². The molecular weight excluding hydrogens is 198 g/mol. The Labute approximate surface area is 91.6 Å². The summed E-state index contributed by atoms with van der Waals surface area (Å²) in [6.07, 6.45) is 4.72. The van der Waals surface area contributed by atoms with Crippen LogP contribution in [0.1, 0.15) is 32.6 Å². The van der Waals surface area contributed by atoms with Gasteiger partial charge in [0.2, 0.25) is 5.91 Å². The van der Waals surface area contributed by atoms with Crippen LogP contribution in [0.3, 0.4) is 0 Å². The van der Waals surface area contributed by atoms with Gasteiger partial charge in [0.1, 0.15) is 5.38 Å². The van der Waals surface area contributed by atoms with Gasteiger partial charge in [0.15, 0.2) is 0 Å². The number of nitrogens with zero attached hydrogens (tertiary/aromatic N) is 1. The molecule has 2 nitrogen and oxygen atoms in total. The van der Waals surface area contributed by atoms with Gasteiger partial charge in [-0.1, -0.05) is 19.8 Å². The Morgan fingerprint density at radius 3 is 2.57 bits per heavy atom.